The van der Waals surface area contributed by atoms with Gasteiger partial charge >= 0.3 is 0 Å². The quantitative estimate of drug-likeness (QED) is 0.897. The number of hydrogen-bond acceptors (Lipinski definition) is 3. The molecule has 0 unspecified atom stereocenters. The Labute approximate surface area is 121 Å². The molecule has 0 aliphatic heterocycles. The standard InChI is InChI=1S/C16H25N3O/c1-12(2)18-15-14(9-6-10-17-15)16(20)19(3)11-13-7-4-5-8-13/h6,9-10,12-13H,4-5,7-8,11H2,1-3H3,(H,17,18). The average Bonchev–Trinajstić information content (AvgIpc) is 2.90. The number of amides is 1. The Hall–Kier alpha value is -1.58. The molecule has 1 aromatic heterocycles. The van der Waals surface area contributed by atoms with E-state index >= 15 is 0 Å². The molecule has 1 fully saturated rings. The summed E-state index contributed by atoms with van der Waals surface area (Å²) in [5.74, 6) is 1.42. The summed E-state index contributed by atoms with van der Waals surface area (Å²) in [7, 11) is 1.90. The van der Waals surface area contributed by atoms with Crippen molar-refractivity contribution in [3.8, 4) is 0 Å². The number of pyridine rings is 1. The van der Waals surface area contributed by atoms with Gasteiger partial charge in [0.25, 0.3) is 5.91 Å². The van der Waals surface area contributed by atoms with Crippen LogP contribution in [0.5, 0.6) is 0 Å². The van der Waals surface area contributed by atoms with Crippen LogP contribution in [0.25, 0.3) is 0 Å². The smallest absolute Gasteiger partial charge is 0.257 e. The molecular formula is C16H25N3O. The Kier molecular flexibility index (Phi) is 4.99. The van der Waals surface area contributed by atoms with Crippen molar-refractivity contribution in [1.82, 2.24) is 9.88 Å². The monoisotopic (exact) mass is 275 g/mol. The molecule has 1 heterocycles. The molecule has 0 atom stereocenters. The third kappa shape index (κ3) is 3.71. The fourth-order valence-electron chi connectivity index (χ4n) is 2.84. The highest BCUT2D eigenvalue weighted by molar-refractivity contribution is 5.98. The van der Waals surface area contributed by atoms with Gasteiger partial charge in [0.1, 0.15) is 5.82 Å². The number of anilines is 1. The first-order valence-corrected chi connectivity index (χ1v) is 7.55. The molecule has 2 rings (SSSR count). The summed E-state index contributed by atoms with van der Waals surface area (Å²) in [4.78, 5) is 18.7. The third-order valence-electron chi connectivity index (χ3n) is 3.82. The number of carbonyl (C=O) groups excluding carboxylic acids is 1. The highest BCUT2D eigenvalue weighted by atomic mass is 16.2. The van der Waals surface area contributed by atoms with E-state index in [0.717, 1.165) is 6.54 Å². The molecule has 110 valence electrons. The summed E-state index contributed by atoms with van der Waals surface area (Å²) in [6, 6.07) is 3.93. The van der Waals surface area contributed by atoms with Crippen LogP contribution in [0.4, 0.5) is 5.82 Å². The predicted octanol–water partition coefficient (Wildman–Crippen LogP) is 3.16. The second kappa shape index (κ2) is 6.73. The lowest BCUT2D eigenvalue weighted by Crippen LogP contribution is -2.32. The van der Waals surface area contributed by atoms with E-state index in [2.05, 4.69) is 10.3 Å². The maximum atomic E-state index is 12.6. The van der Waals surface area contributed by atoms with Crippen LogP contribution >= 0.6 is 0 Å². The molecule has 0 saturated heterocycles. The van der Waals surface area contributed by atoms with Gasteiger partial charge in [0.15, 0.2) is 0 Å². The number of aromatic nitrogens is 1. The van der Waals surface area contributed by atoms with Gasteiger partial charge in [-0.2, -0.15) is 0 Å². The van der Waals surface area contributed by atoms with Crippen LogP contribution in [0.15, 0.2) is 18.3 Å². The molecule has 4 heteroatoms. The normalized spacial score (nSPS) is 15.6. The summed E-state index contributed by atoms with van der Waals surface area (Å²) >= 11 is 0. The molecule has 1 aromatic rings. The van der Waals surface area contributed by atoms with Crippen molar-refractivity contribution in [3.05, 3.63) is 23.9 Å². The maximum Gasteiger partial charge on any atom is 0.257 e. The number of hydrogen-bond donors (Lipinski definition) is 1. The van der Waals surface area contributed by atoms with E-state index in [0.29, 0.717) is 17.3 Å². The van der Waals surface area contributed by atoms with E-state index in [4.69, 9.17) is 0 Å². The molecule has 1 amide bonds. The number of nitrogens with zero attached hydrogens (tertiary/aromatic N) is 2. The second-order valence-corrected chi connectivity index (χ2v) is 6.03. The minimum absolute atomic E-state index is 0.0631. The zero-order valence-electron chi connectivity index (χ0n) is 12.7. The van der Waals surface area contributed by atoms with Gasteiger partial charge in [0, 0.05) is 25.8 Å². The first-order chi connectivity index (χ1) is 9.58. The first-order valence-electron chi connectivity index (χ1n) is 7.55. The molecule has 4 nitrogen and oxygen atoms in total. The highest BCUT2D eigenvalue weighted by Gasteiger charge is 2.22. The van der Waals surface area contributed by atoms with E-state index in [9.17, 15) is 4.79 Å². The molecule has 1 saturated carbocycles. The van der Waals surface area contributed by atoms with Crippen molar-refractivity contribution in [1.29, 1.82) is 0 Å². The Balaban J connectivity index is 2.07. The lowest BCUT2D eigenvalue weighted by molar-refractivity contribution is 0.0774. The number of carbonyl (C=O) groups is 1. The van der Waals surface area contributed by atoms with Crippen molar-refractivity contribution in [2.24, 2.45) is 5.92 Å². The molecule has 0 aromatic carbocycles. The van der Waals surface area contributed by atoms with E-state index in [-0.39, 0.29) is 11.9 Å². The van der Waals surface area contributed by atoms with Crippen LogP contribution in [0.1, 0.15) is 49.9 Å². The van der Waals surface area contributed by atoms with Crippen LogP contribution in [0, 0.1) is 5.92 Å². The van der Waals surface area contributed by atoms with Gasteiger partial charge in [-0.1, -0.05) is 12.8 Å². The van der Waals surface area contributed by atoms with Gasteiger partial charge in [0.2, 0.25) is 0 Å². The van der Waals surface area contributed by atoms with Crippen LogP contribution in [-0.2, 0) is 0 Å². The Morgan fingerprint density at radius 3 is 2.80 bits per heavy atom. The van der Waals surface area contributed by atoms with Crippen molar-refractivity contribution in [2.75, 3.05) is 18.9 Å². The fraction of sp³-hybridized carbons (Fsp3) is 0.625. The van der Waals surface area contributed by atoms with Gasteiger partial charge in [-0.25, -0.2) is 4.98 Å². The molecular weight excluding hydrogens is 250 g/mol. The van der Waals surface area contributed by atoms with E-state index in [1.54, 1.807) is 6.20 Å². The lowest BCUT2D eigenvalue weighted by Gasteiger charge is -2.22. The fourth-order valence-corrected chi connectivity index (χ4v) is 2.84. The zero-order valence-corrected chi connectivity index (χ0v) is 12.7. The molecule has 0 radical (unpaired) electrons. The van der Waals surface area contributed by atoms with E-state index in [1.807, 2.05) is 37.9 Å². The van der Waals surface area contributed by atoms with Gasteiger partial charge in [-0.3, -0.25) is 4.79 Å². The Morgan fingerprint density at radius 1 is 1.45 bits per heavy atom. The van der Waals surface area contributed by atoms with Crippen LogP contribution in [-0.4, -0.2) is 35.4 Å². The van der Waals surface area contributed by atoms with Crippen LogP contribution in [0.2, 0.25) is 0 Å². The van der Waals surface area contributed by atoms with Crippen molar-refractivity contribution >= 4 is 11.7 Å². The molecule has 1 aliphatic carbocycles. The molecule has 20 heavy (non-hydrogen) atoms. The Morgan fingerprint density at radius 2 is 2.15 bits per heavy atom. The summed E-state index contributed by atoms with van der Waals surface area (Å²) in [5.41, 5.74) is 0.668. The summed E-state index contributed by atoms with van der Waals surface area (Å²) in [6.45, 7) is 4.95. The molecule has 0 spiro atoms. The average molecular weight is 275 g/mol. The highest BCUT2D eigenvalue weighted by Crippen LogP contribution is 2.26. The minimum atomic E-state index is 0.0631. The number of nitrogens with one attached hydrogen (secondary N) is 1. The van der Waals surface area contributed by atoms with Crippen molar-refractivity contribution in [2.45, 2.75) is 45.6 Å². The topological polar surface area (TPSA) is 45.2 Å². The molecule has 1 aliphatic rings. The van der Waals surface area contributed by atoms with Gasteiger partial charge in [-0.05, 0) is 44.7 Å². The number of rotatable bonds is 5. The zero-order chi connectivity index (χ0) is 14.5. The van der Waals surface area contributed by atoms with Gasteiger partial charge < -0.3 is 10.2 Å². The van der Waals surface area contributed by atoms with Crippen molar-refractivity contribution < 1.29 is 4.79 Å². The predicted molar refractivity (Wildman–Crippen MR) is 81.9 cm³/mol. The van der Waals surface area contributed by atoms with E-state index in [1.165, 1.54) is 25.7 Å². The van der Waals surface area contributed by atoms with Crippen LogP contribution < -0.4 is 5.32 Å². The largest absolute Gasteiger partial charge is 0.367 e. The van der Waals surface area contributed by atoms with E-state index < -0.39 is 0 Å². The lowest BCUT2D eigenvalue weighted by atomic mass is 10.1. The first kappa shape index (κ1) is 14.8. The summed E-state index contributed by atoms with van der Waals surface area (Å²) < 4.78 is 0. The second-order valence-electron chi connectivity index (χ2n) is 6.03. The third-order valence-corrected chi connectivity index (χ3v) is 3.82. The summed E-state index contributed by atoms with van der Waals surface area (Å²) in [5, 5.41) is 3.24. The minimum Gasteiger partial charge on any atom is -0.367 e. The maximum absolute atomic E-state index is 12.6. The van der Waals surface area contributed by atoms with Gasteiger partial charge in [0.05, 0.1) is 5.56 Å². The molecule has 1 N–H and O–H groups in total. The van der Waals surface area contributed by atoms with Crippen molar-refractivity contribution in [3.63, 3.8) is 0 Å². The molecule has 0 bridgehead atoms. The summed E-state index contributed by atoms with van der Waals surface area (Å²) in [6.07, 6.45) is 6.83. The Bertz CT molecular complexity index is 453. The van der Waals surface area contributed by atoms with Gasteiger partial charge in [-0.15, -0.1) is 0 Å². The SMILES string of the molecule is CC(C)Nc1ncccc1C(=O)N(C)CC1CCCC1. The van der Waals surface area contributed by atoms with Crippen LogP contribution in [0.3, 0.4) is 0 Å².